The van der Waals surface area contributed by atoms with Crippen molar-refractivity contribution in [1.82, 2.24) is 0 Å². The van der Waals surface area contributed by atoms with Crippen molar-refractivity contribution in [2.75, 3.05) is 0 Å². The molecule has 16 heavy (non-hydrogen) atoms. The molecule has 0 unspecified atom stereocenters. The Morgan fingerprint density at radius 1 is 1.00 bits per heavy atom. The Labute approximate surface area is 95.8 Å². The fourth-order valence-corrected chi connectivity index (χ4v) is 2.70. The fourth-order valence-electron chi connectivity index (χ4n) is 1.90. The average Bonchev–Trinajstić information content (AvgIpc) is 2.36. The van der Waals surface area contributed by atoms with E-state index in [1.54, 1.807) is 24.3 Å². The summed E-state index contributed by atoms with van der Waals surface area (Å²) in [6.45, 7) is 0. The average molecular weight is 228 g/mol. The summed E-state index contributed by atoms with van der Waals surface area (Å²) in [5.41, 5.74) is 0.573. The van der Waals surface area contributed by atoms with E-state index in [0.29, 0.717) is 21.2 Å². The van der Waals surface area contributed by atoms with E-state index in [2.05, 4.69) is 0 Å². The molecule has 0 saturated carbocycles. The summed E-state index contributed by atoms with van der Waals surface area (Å²) in [5.74, 6) is 0.204. The third kappa shape index (κ3) is 1.15. The zero-order valence-corrected chi connectivity index (χ0v) is 9.12. The van der Waals surface area contributed by atoms with Crippen molar-refractivity contribution in [2.24, 2.45) is 0 Å². The van der Waals surface area contributed by atoms with Crippen LogP contribution in [-0.4, -0.2) is 5.11 Å². The summed E-state index contributed by atoms with van der Waals surface area (Å²) < 4.78 is 0. The highest BCUT2D eigenvalue weighted by molar-refractivity contribution is 7.13. The second kappa shape index (κ2) is 3.32. The molecule has 1 aromatic rings. The molecule has 78 valence electrons. The normalized spacial score (nSPS) is 11.0. The fraction of sp³-hybridized carbons (Fsp3) is 0. The van der Waals surface area contributed by atoms with Crippen LogP contribution in [0.2, 0.25) is 0 Å². The van der Waals surface area contributed by atoms with Gasteiger partial charge in [-0.3, -0.25) is 4.79 Å². The summed E-state index contributed by atoms with van der Waals surface area (Å²) in [7, 11) is 0. The molecule has 0 spiro atoms. The molecule has 1 heterocycles. The van der Waals surface area contributed by atoms with Gasteiger partial charge in [-0.1, -0.05) is 30.3 Å². The Balaban J connectivity index is 2.68. The lowest BCUT2D eigenvalue weighted by Gasteiger charge is -2.08. The monoisotopic (exact) mass is 228 g/mol. The molecule has 2 aliphatic rings. The van der Waals surface area contributed by atoms with Gasteiger partial charge in [-0.2, -0.15) is 0 Å². The Hall–Kier alpha value is -1.87. The summed E-state index contributed by atoms with van der Waals surface area (Å²) in [5, 5.41) is 13.2. The number of rotatable bonds is 0. The lowest BCUT2D eigenvalue weighted by Crippen LogP contribution is -2.05. The van der Waals surface area contributed by atoms with E-state index in [1.165, 1.54) is 11.3 Å². The van der Waals surface area contributed by atoms with Crippen molar-refractivity contribution < 1.29 is 5.11 Å². The largest absolute Gasteiger partial charge is 0.506 e. The summed E-state index contributed by atoms with van der Waals surface area (Å²) >= 11 is 1.38. The van der Waals surface area contributed by atoms with Crippen LogP contribution in [0.25, 0.3) is 21.2 Å². The van der Waals surface area contributed by atoms with Gasteiger partial charge in [0, 0.05) is 16.3 Å². The first-order valence-corrected chi connectivity index (χ1v) is 5.78. The molecule has 1 N–H and O–H groups in total. The molecule has 3 heteroatoms. The van der Waals surface area contributed by atoms with Crippen LogP contribution in [0, 0.1) is 0 Å². The summed E-state index contributed by atoms with van der Waals surface area (Å²) in [6.07, 6.45) is 0. The standard InChI is InChI=1S/C13H8O2S/c14-11-8-4-1-2-5-9(8)12(15)13-10(11)6-3-7-16-13/h1-7,15H. The minimum absolute atomic E-state index is 0.0137. The zero-order valence-electron chi connectivity index (χ0n) is 8.31. The lowest BCUT2D eigenvalue weighted by molar-refractivity contribution is 0.484. The SMILES string of the molecule is O=c1c2cccsc-2c(O)c2ccccc12. The smallest absolute Gasteiger partial charge is 0.195 e. The van der Waals surface area contributed by atoms with Crippen LogP contribution in [-0.2, 0) is 0 Å². The molecule has 1 aliphatic heterocycles. The highest BCUT2D eigenvalue weighted by atomic mass is 32.1. The van der Waals surface area contributed by atoms with Crippen LogP contribution in [0.5, 0.6) is 5.75 Å². The number of fused-ring (bicyclic) bond motifs is 2. The van der Waals surface area contributed by atoms with Gasteiger partial charge in [-0.15, -0.1) is 11.3 Å². The highest BCUT2D eigenvalue weighted by Crippen LogP contribution is 2.37. The van der Waals surface area contributed by atoms with Gasteiger partial charge in [0.05, 0.1) is 4.88 Å². The molecule has 0 amide bonds. The zero-order chi connectivity index (χ0) is 11.1. The van der Waals surface area contributed by atoms with Gasteiger partial charge in [0.15, 0.2) is 5.43 Å². The van der Waals surface area contributed by atoms with Crippen molar-refractivity contribution in [2.45, 2.75) is 0 Å². The van der Waals surface area contributed by atoms with E-state index >= 15 is 0 Å². The summed E-state index contributed by atoms with van der Waals surface area (Å²) in [6, 6.07) is 10.7. The Morgan fingerprint density at radius 3 is 2.56 bits per heavy atom. The Morgan fingerprint density at radius 2 is 1.75 bits per heavy atom. The van der Waals surface area contributed by atoms with Crippen LogP contribution in [0.3, 0.4) is 0 Å². The topological polar surface area (TPSA) is 37.3 Å². The number of hydrogen-bond donors (Lipinski definition) is 1. The Bertz CT molecular complexity index is 699. The van der Waals surface area contributed by atoms with Gasteiger partial charge in [0.2, 0.25) is 0 Å². The predicted molar refractivity (Wildman–Crippen MR) is 66.4 cm³/mol. The number of phenols is 1. The molecule has 0 radical (unpaired) electrons. The van der Waals surface area contributed by atoms with Crippen molar-refractivity contribution >= 4 is 22.1 Å². The number of aromatic hydroxyl groups is 1. The van der Waals surface area contributed by atoms with E-state index in [1.807, 2.05) is 17.5 Å². The van der Waals surface area contributed by atoms with Crippen LogP contribution in [0.1, 0.15) is 0 Å². The summed E-state index contributed by atoms with van der Waals surface area (Å²) in [4.78, 5) is 12.8. The third-order valence-electron chi connectivity index (χ3n) is 2.66. The maximum absolute atomic E-state index is 12.1. The molecule has 1 aliphatic carbocycles. The maximum Gasteiger partial charge on any atom is 0.195 e. The van der Waals surface area contributed by atoms with Gasteiger partial charge in [-0.05, 0) is 11.4 Å². The van der Waals surface area contributed by atoms with Gasteiger partial charge in [0.1, 0.15) is 5.75 Å². The van der Waals surface area contributed by atoms with Gasteiger partial charge in [0.25, 0.3) is 0 Å². The molecule has 0 saturated heterocycles. The van der Waals surface area contributed by atoms with Crippen LogP contribution >= 0.6 is 11.3 Å². The first kappa shape index (κ1) is 9.36. The van der Waals surface area contributed by atoms with E-state index in [-0.39, 0.29) is 11.2 Å². The highest BCUT2D eigenvalue weighted by Gasteiger charge is 2.15. The molecule has 1 aromatic carbocycles. The third-order valence-corrected chi connectivity index (χ3v) is 3.60. The molecule has 0 fully saturated rings. The van der Waals surface area contributed by atoms with E-state index in [0.717, 1.165) is 0 Å². The van der Waals surface area contributed by atoms with Crippen molar-refractivity contribution in [3.8, 4) is 16.2 Å². The molecule has 0 bridgehead atoms. The first-order valence-electron chi connectivity index (χ1n) is 4.90. The second-order valence-electron chi connectivity index (χ2n) is 3.58. The van der Waals surface area contributed by atoms with Gasteiger partial charge in [-0.25, -0.2) is 0 Å². The molecular weight excluding hydrogens is 220 g/mol. The van der Waals surface area contributed by atoms with E-state index < -0.39 is 0 Å². The van der Waals surface area contributed by atoms with Crippen LogP contribution in [0.15, 0.2) is 46.6 Å². The van der Waals surface area contributed by atoms with E-state index in [4.69, 9.17) is 0 Å². The van der Waals surface area contributed by atoms with Crippen molar-refractivity contribution in [1.29, 1.82) is 0 Å². The van der Waals surface area contributed by atoms with Crippen LogP contribution in [0.4, 0.5) is 0 Å². The number of hydrogen-bond acceptors (Lipinski definition) is 3. The number of phenolic OH excluding ortho intramolecular Hbond substituents is 1. The first-order chi connectivity index (χ1) is 7.79. The quantitative estimate of drug-likeness (QED) is 0.600. The molecule has 3 rings (SSSR count). The molecule has 0 atom stereocenters. The number of benzene rings is 2. The minimum atomic E-state index is -0.0137. The van der Waals surface area contributed by atoms with Crippen molar-refractivity contribution in [3.63, 3.8) is 0 Å². The molecule has 0 aromatic heterocycles. The maximum atomic E-state index is 12.1. The lowest BCUT2D eigenvalue weighted by atomic mass is 10.0. The van der Waals surface area contributed by atoms with Gasteiger partial charge < -0.3 is 5.11 Å². The molecular formula is C13H8O2S. The van der Waals surface area contributed by atoms with Gasteiger partial charge >= 0.3 is 0 Å². The van der Waals surface area contributed by atoms with E-state index in [9.17, 15) is 9.90 Å². The van der Waals surface area contributed by atoms with Crippen molar-refractivity contribution in [3.05, 3.63) is 52.0 Å². The Kier molecular flexibility index (Phi) is 1.94. The second-order valence-corrected chi connectivity index (χ2v) is 4.50. The molecule has 2 nitrogen and oxygen atoms in total. The predicted octanol–water partition coefficient (Wildman–Crippen LogP) is 3.07. The minimum Gasteiger partial charge on any atom is -0.506 e. The van der Waals surface area contributed by atoms with Crippen LogP contribution < -0.4 is 5.43 Å².